The lowest BCUT2D eigenvalue weighted by Crippen LogP contribution is -2.27. The predicted octanol–water partition coefficient (Wildman–Crippen LogP) is 2.99. The highest BCUT2D eigenvalue weighted by atomic mass is 35.5. The summed E-state index contributed by atoms with van der Waals surface area (Å²) in [6, 6.07) is 5.93. The topological polar surface area (TPSA) is 41.5 Å². The van der Waals surface area contributed by atoms with E-state index in [-0.39, 0.29) is 6.10 Å². The highest BCUT2D eigenvalue weighted by Crippen LogP contribution is 2.24. The van der Waals surface area contributed by atoms with Crippen molar-refractivity contribution in [3.8, 4) is 5.75 Å². The molecule has 0 saturated carbocycles. The average molecular weight is 272 g/mol. The Morgan fingerprint density at radius 2 is 1.94 bits per heavy atom. The Bertz CT molecular complexity index is 380. The second-order valence-electron chi connectivity index (χ2n) is 4.85. The zero-order chi connectivity index (χ0) is 13.7. The number of hydrogen-bond acceptors (Lipinski definition) is 3. The highest BCUT2D eigenvalue weighted by Gasteiger charge is 2.13. The van der Waals surface area contributed by atoms with Crippen LogP contribution in [0.25, 0.3) is 0 Å². The van der Waals surface area contributed by atoms with Crippen molar-refractivity contribution in [2.24, 2.45) is 0 Å². The van der Waals surface area contributed by atoms with E-state index in [9.17, 15) is 5.11 Å². The smallest absolute Gasteiger partial charge is 0.124 e. The molecule has 4 heteroatoms. The van der Waals surface area contributed by atoms with Gasteiger partial charge in [0.15, 0.2) is 0 Å². The SMILES string of the molecule is CC(C)NCc1cc(Cl)ccc1OC(C)C(C)O. The summed E-state index contributed by atoms with van der Waals surface area (Å²) in [5, 5.41) is 13.5. The maximum absolute atomic E-state index is 9.48. The third-order valence-corrected chi connectivity index (χ3v) is 2.95. The van der Waals surface area contributed by atoms with Crippen molar-refractivity contribution in [1.29, 1.82) is 0 Å². The number of aliphatic hydroxyl groups is 1. The van der Waals surface area contributed by atoms with E-state index >= 15 is 0 Å². The molecule has 0 bridgehead atoms. The zero-order valence-electron chi connectivity index (χ0n) is 11.4. The molecule has 2 N–H and O–H groups in total. The Morgan fingerprint density at radius 1 is 1.28 bits per heavy atom. The Kier molecular flexibility index (Phi) is 5.93. The minimum atomic E-state index is -0.508. The number of halogens is 1. The van der Waals surface area contributed by atoms with Crippen LogP contribution in [-0.4, -0.2) is 23.4 Å². The molecule has 3 nitrogen and oxygen atoms in total. The maximum atomic E-state index is 9.48. The average Bonchev–Trinajstić information content (AvgIpc) is 2.29. The molecule has 0 spiro atoms. The lowest BCUT2D eigenvalue weighted by atomic mass is 10.1. The van der Waals surface area contributed by atoms with Crippen LogP contribution in [0.2, 0.25) is 5.02 Å². The van der Waals surface area contributed by atoms with Crippen molar-refractivity contribution in [3.05, 3.63) is 28.8 Å². The van der Waals surface area contributed by atoms with E-state index in [0.29, 0.717) is 17.6 Å². The number of benzene rings is 1. The van der Waals surface area contributed by atoms with Gasteiger partial charge in [-0.3, -0.25) is 0 Å². The van der Waals surface area contributed by atoms with Crippen LogP contribution < -0.4 is 10.1 Å². The fourth-order valence-electron chi connectivity index (χ4n) is 1.41. The van der Waals surface area contributed by atoms with Gasteiger partial charge >= 0.3 is 0 Å². The van der Waals surface area contributed by atoms with Crippen LogP contribution >= 0.6 is 11.6 Å². The highest BCUT2D eigenvalue weighted by molar-refractivity contribution is 6.30. The van der Waals surface area contributed by atoms with Crippen LogP contribution in [0.5, 0.6) is 5.75 Å². The first kappa shape index (κ1) is 15.3. The van der Waals surface area contributed by atoms with Crippen LogP contribution in [0.15, 0.2) is 18.2 Å². The van der Waals surface area contributed by atoms with Crippen molar-refractivity contribution in [3.63, 3.8) is 0 Å². The number of rotatable bonds is 6. The molecule has 1 aromatic carbocycles. The van der Waals surface area contributed by atoms with Gasteiger partial charge in [0, 0.05) is 23.2 Å². The first-order valence-electron chi connectivity index (χ1n) is 6.26. The van der Waals surface area contributed by atoms with E-state index < -0.39 is 6.10 Å². The van der Waals surface area contributed by atoms with Crippen molar-refractivity contribution >= 4 is 11.6 Å². The molecule has 0 aliphatic rings. The van der Waals surface area contributed by atoms with Gasteiger partial charge in [-0.25, -0.2) is 0 Å². The van der Waals surface area contributed by atoms with E-state index in [4.69, 9.17) is 16.3 Å². The van der Waals surface area contributed by atoms with E-state index in [1.807, 2.05) is 19.1 Å². The molecule has 0 aliphatic carbocycles. The molecule has 102 valence electrons. The molecule has 0 aromatic heterocycles. The normalized spacial score (nSPS) is 14.6. The van der Waals surface area contributed by atoms with Gasteiger partial charge in [-0.1, -0.05) is 25.4 Å². The van der Waals surface area contributed by atoms with Crippen LogP contribution in [-0.2, 0) is 6.54 Å². The summed E-state index contributed by atoms with van der Waals surface area (Å²) in [6.07, 6.45) is -0.754. The molecule has 0 fully saturated rings. The molecule has 0 radical (unpaired) electrons. The number of aliphatic hydroxyl groups excluding tert-OH is 1. The van der Waals surface area contributed by atoms with Gasteiger partial charge < -0.3 is 15.2 Å². The minimum absolute atomic E-state index is 0.246. The summed E-state index contributed by atoms with van der Waals surface area (Å²) in [7, 11) is 0. The van der Waals surface area contributed by atoms with Crippen molar-refractivity contribution < 1.29 is 9.84 Å². The Balaban J connectivity index is 2.82. The Morgan fingerprint density at radius 3 is 2.50 bits per heavy atom. The molecule has 2 unspecified atom stereocenters. The van der Waals surface area contributed by atoms with Crippen LogP contribution in [0.4, 0.5) is 0 Å². The van der Waals surface area contributed by atoms with Gasteiger partial charge in [0.1, 0.15) is 11.9 Å². The monoisotopic (exact) mass is 271 g/mol. The third-order valence-electron chi connectivity index (χ3n) is 2.72. The molecular weight excluding hydrogens is 250 g/mol. The first-order valence-corrected chi connectivity index (χ1v) is 6.64. The summed E-state index contributed by atoms with van der Waals surface area (Å²) in [6.45, 7) is 8.43. The van der Waals surface area contributed by atoms with Crippen LogP contribution in [0, 0.1) is 0 Å². The summed E-state index contributed by atoms with van der Waals surface area (Å²) >= 11 is 6.00. The quantitative estimate of drug-likeness (QED) is 0.836. The second kappa shape index (κ2) is 6.98. The standard InChI is InChI=1S/C14H22ClNO2/c1-9(2)16-8-12-7-13(15)5-6-14(12)18-11(4)10(3)17/h5-7,9-11,16-17H,8H2,1-4H3. The first-order chi connectivity index (χ1) is 8.40. The number of ether oxygens (including phenoxy) is 1. The molecule has 0 saturated heterocycles. The van der Waals surface area contributed by atoms with E-state index in [0.717, 1.165) is 11.3 Å². The predicted molar refractivity (Wildman–Crippen MR) is 75.2 cm³/mol. The van der Waals surface area contributed by atoms with Gasteiger partial charge in [0.2, 0.25) is 0 Å². The third kappa shape index (κ3) is 4.84. The largest absolute Gasteiger partial charge is 0.488 e. The molecule has 18 heavy (non-hydrogen) atoms. The maximum Gasteiger partial charge on any atom is 0.124 e. The van der Waals surface area contributed by atoms with Crippen molar-refractivity contribution in [2.45, 2.75) is 52.5 Å². The Hall–Kier alpha value is -0.770. The van der Waals surface area contributed by atoms with Gasteiger partial charge in [-0.15, -0.1) is 0 Å². The fourth-order valence-corrected chi connectivity index (χ4v) is 1.61. The molecule has 0 heterocycles. The van der Waals surface area contributed by atoms with E-state index in [1.54, 1.807) is 13.0 Å². The molecular formula is C14H22ClNO2. The summed E-state index contributed by atoms with van der Waals surface area (Å²) in [4.78, 5) is 0. The number of nitrogens with one attached hydrogen (secondary N) is 1. The number of hydrogen-bond donors (Lipinski definition) is 2. The van der Waals surface area contributed by atoms with Gasteiger partial charge in [0.25, 0.3) is 0 Å². The van der Waals surface area contributed by atoms with E-state index in [1.165, 1.54) is 0 Å². The van der Waals surface area contributed by atoms with Gasteiger partial charge in [-0.2, -0.15) is 0 Å². The van der Waals surface area contributed by atoms with Crippen LogP contribution in [0.3, 0.4) is 0 Å². The van der Waals surface area contributed by atoms with E-state index in [2.05, 4.69) is 19.2 Å². The fraction of sp³-hybridized carbons (Fsp3) is 0.571. The summed E-state index contributed by atoms with van der Waals surface area (Å²) in [5.41, 5.74) is 1.00. The molecule has 0 amide bonds. The van der Waals surface area contributed by atoms with Crippen molar-refractivity contribution in [2.75, 3.05) is 0 Å². The lowest BCUT2D eigenvalue weighted by molar-refractivity contribution is 0.0597. The minimum Gasteiger partial charge on any atom is -0.488 e. The molecule has 1 rings (SSSR count). The molecule has 2 atom stereocenters. The molecule has 1 aromatic rings. The van der Waals surface area contributed by atoms with Gasteiger partial charge in [-0.05, 0) is 32.0 Å². The zero-order valence-corrected chi connectivity index (χ0v) is 12.2. The molecule has 0 aliphatic heterocycles. The summed E-state index contributed by atoms with van der Waals surface area (Å²) in [5.74, 6) is 0.765. The lowest BCUT2D eigenvalue weighted by Gasteiger charge is -2.20. The van der Waals surface area contributed by atoms with Crippen LogP contribution in [0.1, 0.15) is 33.3 Å². The van der Waals surface area contributed by atoms with Gasteiger partial charge in [0.05, 0.1) is 6.10 Å². The Labute approximate surface area is 114 Å². The summed E-state index contributed by atoms with van der Waals surface area (Å²) < 4.78 is 5.75. The second-order valence-corrected chi connectivity index (χ2v) is 5.29. The van der Waals surface area contributed by atoms with Crippen molar-refractivity contribution in [1.82, 2.24) is 5.32 Å².